The van der Waals surface area contributed by atoms with Crippen LogP contribution in [0.5, 0.6) is 0 Å². The predicted octanol–water partition coefficient (Wildman–Crippen LogP) is 3.21. The van der Waals surface area contributed by atoms with Crippen LogP contribution >= 0.6 is 0 Å². The second kappa shape index (κ2) is 5.41. The van der Waals surface area contributed by atoms with Crippen molar-refractivity contribution in [2.24, 2.45) is 0 Å². The molecule has 18 heavy (non-hydrogen) atoms. The molecule has 0 bridgehead atoms. The van der Waals surface area contributed by atoms with Crippen LogP contribution in [0.1, 0.15) is 45.7 Å². The van der Waals surface area contributed by atoms with E-state index in [-0.39, 0.29) is 5.54 Å². The molecule has 2 nitrogen and oxygen atoms in total. The van der Waals surface area contributed by atoms with Crippen molar-refractivity contribution in [2.45, 2.75) is 51.7 Å². The highest BCUT2D eigenvalue weighted by molar-refractivity contribution is 5.18. The van der Waals surface area contributed by atoms with Crippen LogP contribution in [0.4, 0.5) is 0 Å². The monoisotopic (exact) mass is 246 g/mol. The standard InChI is InChI=1S/C16H26N2/c1-13-10-11-17-16(3,4)12-18(13)14(2)15-8-6-5-7-9-15/h5-9,13-14,17H,10-12H2,1-4H3. The highest BCUT2D eigenvalue weighted by Gasteiger charge is 2.30. The van der Waals surface area contributed by atoms with Gasteiger partial charge in [0.1, 0.15) is 0 Å². The summed E-state index contributed by atoms with van der Waals surface area (Å²) in [6.45, 7) is 11.5. The third-order valence-corrected chi connectivity index (χ3v) is 4.09. The van der Waals surface area contributed by atoms with Gasteiger partial charge in [0.15, 0.2) is 0 Å². The number of rotatable bonds is 2. The van der Waals surface area contributed by atoms with E-state index in [1.807, 2.05) is 0 Å². The van der Waals surface area contributed by atoms with Crippen LogP contribution in [0.15, 0.2) is 30.3 Å². The van der Waals surface area contributed by atoms with Gasteiger partial charge < -0.3 is 5.32 Å². The number of nitrogens with zero attached hydrogens (tertiary/aromatic N) is 1. The molecule has 0 spiro atoms. The van der Waals surface area contributed by atoms with E-state index in [4.69, 9.17) is 0 Å². The first-order chi connectivity index (χ1) is 8.49. The van der Waals surface area contributed by atoms with Gasteiger partial charge in [0.05, 0.1) is 0 Å². The van der Waals surface area contributed by atoms with Gasteiger partial charge in [0, 0.05) is 24.2 Å². The Morgan fingerprint density at radius 2 is 1.94 bits per heavy atom. The molecule has 0 aromatic heterocycles. The normalized spacial score (nSPS) is 26.6. The molecule has 2 rings (SSSR count). The highest BCUT2D eigenvalue weighted by Crippen LogP contribution is 2.27. The van der Waals surface area contributed by atoms with Gasteiger partial charge in [-0.2, -0.15) is 0 Å². The van der Waals surface area contributed by atoms with Crippen molar-refractivity contribution in [2.75, 3.05) is 13.1 Å². The largest absolute Gasteiger partial charge is 0.310 e. The van der Waals surface area contributed by atoms with E-state index in [1.54, 1.807) is 0 Å². The summed E-state index contributed by atoms with van der Waals surface area (Å²) in [5.41, 5.74) is 1.62. The summed E-state index contributed by atoms with van der Waals surface area (Å²) < 4.78 is 0. The Morgan fingerprint density at radius 1 is 1.28 bits per heavy atom. The van der Waals surface area contributed by atoms with Crippen LogP contribution in [-0.2, 0) is 0 Å². The first kappa shape index (κ1) is 13.6. The Balaban J connectivity index is 2.19. The first-order valence-corrected chi connectivity index (χ1v) is 7.05. The third kappa shape index (κ3) is 3.12. The van der Waals surface area contributed by atoms with E-state index < -0.39 is 0 Å². The summed E-state index contributed by atoms with van der Waals surface area (Å²) in [6.07, 6.45) is 1.22. The SMILES string of the molecule is CC1CCNC(C)(C)CN1C(C)c1ccccc1. The molecule has 1 fully saturated rings. The number of nitrogens with one attached hydrogen (secondary N) is 1. The highest BCUT2D eigenvalue weighted by atomic mass is 15.2. The van der Waals surface area contributed by atoms with Gasteiger partial charge in [-0.15, -0.1) is 0 Å². The quantitative estimate of drug-likeness (QED) is 0.862. The van der Waals surface area contributed by atoms with E-state index in [9.17, 15) is 0 Å². The molecule has 0 amide bonds. The maximum absolute atomic E-state index is 3.65. The average Bonchev–Trinajstić information content (AvgIpc) is 2.48. The van der Waals surface area contributed by atoms with E-state index in [1.165, 1.54) is 12.0 Å². The van der Waals surface area contributed by atoms with Crippen molar-refractivity contribution in [3.05, 3.63) is 35.9 Å². The van der Waals surface area contributed by atoms with Crippen molar-refractivity contribution in [3.63, 3.8) is 0 Å². The van der Waals surface area contributed by atoms with Crippen LogP contribution in [0, 0.1) is 0 Å². The van der Waals surface area contributed by atoms with Gasteiger partial charge in [-0.25, -0.2) is 0 Å². The lowest BCUT2D eigenvalue weighted by Gasteiger charge is -2.37. The second-order valence-corrected chi connectivity index (χ2v) is 6.21. The summed E-state index contributed by atoms with van der Waals surface area (Å²) in [5, 5.41) is 3.65. The molecule has 1 aromatic rings. The van der Waals surface area contributed by atoms with Crippen molar-refractivity contribution in [3.8, 4) is 0 Å². The van der Waals surface area contributed by atoms with E-state index in [0.29, 0.717) is 12.1 Å². The third-order valence-electron chi connectivity index (χ3n) is 4.09. The lowest BCUT2D eigenvalue weighted by molar-refractivity contribution is 0.132. The van der Waals surface area contributed by atoms with Gasteiger partial charge in [0.2, 0.25) is 0 Å². The molecule has 1 saturated heterocycles. The maximum atomic E-state index is 3.65. The Kier molecular flexibility index (Phi) is 4.08. The Bertz CT molecular complexity index is 372. The fraction of sp³-hybridized carbons (Fsp3) is 0.625. The number of hydrogen-bond acceptors (Lipinski definition) is 2. The number of benzene rings is 1. The summed E-state index contributed by atoms with van der Waals surface area (Å²) in [7, 11) is 0. The fourth-order valence-corrected chi connectivity index (χ4v) is 2.90. The zero-order valence-electron chi connectivity index (χ0n) is 12.1. The average molecular weight is 246 g/mol. The van der Waals surface area contributed by atoms with Gasteiger partial charge in [-0.05, 0) is 46.2 Å². The van der Waals surface area contributed by atoms with Gasteiger partial charge >= 0.3 is 0 Å². The molecule has 0 radical (unpaired) electrons. The number of hydrogen-bond donors (Lipinski definition) is 1. The molecule has 1 aliphatic heterocycles. The molecule has 1 heterocycles. The smallest absolute Gasteiger partial charge is 0.0323 e. The molecule has 0 saturated carbocycles. The van der Waals surface area contributed by atoms with E-state index >= 15 is 0 Å². The van der Waals surface area contributed by atoms with E-state index in [2.05, 4.69) is 68.2 Å². The van der Waals surface area contributed by atoms with Crippen molar-refractivity contribution < 1.29 is 0 Å². The molecule has 2 heteroatoms. The van der Waals surface area contributed by atoms with Crippen LogP contribution in [0.25, 0.3) is 0 Å². The zero-order chi connectivity index (χ0) is 13.2. The minimum absolute atomic E-state index is 0.202. The van der Waals surface area contributed by atoms with Crippen LogP contribution in [0.3, 0.4) is 0 Å². The minimum atomic E-state index is 0.202. The van der Waals surface area contributed by atoms with Crippen LogP contribution in [0.2, 0.25) is 0 Å². The molecule has 2 unspecified atom stereocenters. The summed E-state index contributed by atoms with van der Waals surface area (Å²) in [6, 6.07) is 12.0. The van der Waals surface area contributed by atoms with Crippen molar-refractivity contribution in [1.29, 1.82) is 0 Å². The Labute approximate surface area is 111 Å². The Hall–Kier alpha value is -0.860. The van der Waals surface area contributed by atoms with Crippen LogP contribution in [-0.4, -0.2) is 29.6 Å². The second-order valence-electron chi connectivity index (χ2n) is 6.21. The molecule has 1 N–H and O–H groups in total. The Morgan fingerprint density at radius 3 is 2.61 bits per heavy atom. The van der Waals surface area contributed by atoms with Gasteiger partial charge in [-0.1, -0.05) is 30.3 Å². The lowest BCUT2D eigenvalue weighted by Crippen LogP contribution is -2.48. The summed E-state index contributed by atoms with van der Waals surface area (Å²) in [5.74, 6) is 0. The topological polar surface area (TPSA) is 15.3 Å². The van der Waals surface area contributed by atoms with Crippen LogP contribution < -0.4 is 5.32 Å². The molecule has 1 aliphatic rings. The van der Waals surface area contributed by atoms with Crippen molar-refractivity contribution in [1.82, 2.24) is 10.2 Å². The fourth-order valence-electron chi connectivity index (χ4n) is 2.90. The van der Waals surface area contributed by atoms with Gasteiger partial charge in [0.25, 0.3) is 0 Å². The summed E-state index contributed by atoms with van der Waals surface area (Å²) in [4.78, 5) is 2.63. The van der Waals surface area contributed by atoms with E-state index in [0.717, 1.165) is 13.1 Å². The first-order valence-electron chi connectivity index (χ1n) is 7.05. The van der Waals surface area contributed by atoms with Crippen molar-refractivity contribution >= 4 is 0 Å². The molecule has 2 atom stereocenters. The zero-order valence-corrected chi connectivity index (χ0v) is 12.1. The molecule has 0 aliphatic carbocycles. The van der Waals surface area contributed by atoms with Gasteiger partial charge in [-0.3, -0.25) is 4.90 Å². The lowest BCUT2D eigenvalue weighted by atomic mass is 10.0. The maximum Gasteiger partial charge on any atom is 0.0323 e. The minimum Gasteiger partial charge on any atom is -0.310 e. The predicted molar refractivity (Wildman–Crippen MR) is 77.7 cm³/mol. The molecular weight excluding hydrogens is 220 g/mol. The molecule has 100 valence electrons. The summed E-state index contributed by atoms with van der Waals surface area (Å²) >= 11 is 0. The molecule has 1 aromatic carbocycles. The molecular formula is C16H26N2.